The van der Waals surface area contributed by atoms with Crippen LogP contribution in [0.4, 0.5) is 0 Å². The standard InChI is InChI=1S/C22H31N3O4/c1-22(21(26)25-12-10-24(2)11-13-25)15-18(23-29-22)16-8-9-19(27-3)20(14-16)28-17-6-4-5-7-17/h8-9,14,17H,4-7,10-13,15H2,1-3H3. The monoisotopic (exact) mass is 401 g/mol. The molecule has 1 aromatic rings. The van der Waals surface area contributed by atoms with Crippen LogP contribution in [0, 0.1) is 0 Å². The van der Waals surface area contributed by atoms with Crippen LogP contribution in [0.5, 0.6) is 11.5 Å². The van der Waals surface area contributed by atoms with Gasteiger partial charge in [-0.3, -0.25) is 4.79 Å². The fraction of sp³-hybridized carbons (Fsp3) is 0.636. The number of hydrogen-bond donors (Lipinski definition) is 0. The maximum atomic E-state index is 13.1. The number of amides is 1. The fourth-order valence-corrected chi connectivity index (χ4v) is 4.29. The molecule has 0 aromatic heterocycles. The van der Waals surface area contributed by atoms with Crippen LogP contribution in [0.2, 0.25) is 0 Å². The summed E-state index contributed by atoms with van der Waals surface area (Å²) in [7, 11) is 3.73. The van der Waals surface area contributed by atoms with E-state index < -0.39 is 5.60 Å². The van der Waals surface area contributed by atoms with Gasteiger partial charge in [0, 0.05) is 38.2 Å². The van der Waals surface area contributed by atoms with E-state index in [-0.39, 0.29) is 12.0 Å². The third-order valence-electron chi connectivity index (χ3n) is 6.20. The molecule has 7 heteroatoms. The van der Waals surface area contributed by atoms with Gasteiger partial charge in [0.25, 0.3) is 5.91 Å². The largest absolute Gasteiger partial charge is 0.493 e. The number of likely N-dealkylation sites (N-methyl/N-ethyl adjacent to an activating group) is 1. The van der Waals surface area contributed by atoms with Gasteiger partial charge in [-0.25, -0.2) is 0 Å². The molecule has 0 spiro atoms. The molecule has 1 unspecified atom stereocenters. The highest BCUT2D eigenvalue weighted by atomic mass is 16.7. The number of nitrogens with zero attached hydrogens (tertiary/aromatic N) is 3. The molecule has 1 amide bonds. The summed E-state index contributed by atoms with van der Waals surface area (Å²) < 4.78 is 11.7. The maximum Gasteiger partial charge on any atom is 0.269 e. The lowest BCUT2D eigenvalue weighted by Crippen LogP contribution is -2.54. The predicted octanol–water partition coefficient (Wildman–Crippen LogP) is 2.67. The first-order valence-electron chi connectivity index (χ1n) is 10.6. The van der Waals surface area contributed by atoms with Gasteiger partial charge >= 0.3 is 0 Å². The summed E-state index contributed by atoms with van der Waals surface area (Å²) in [6, 6.07) is 5.82. The molecule has 1 atom stereocenters. The molecular formula is C22H31N3O4. The number of benzene rings is 1. The van der Waals surface area contributed by atoms with Crippen molar-refractivity contribution in [2.45, 2.75) is 50.7 Å². The highest BCUT2D eigenvalue weighted by molar-refractivity contribution is 6.05. The van der Waals surface area contributed by atoms with Crippen LogP contribution in [0.25, 0.3) is 0 Å². The van der Waals surface area contributed by atoms with Gasteiger partial charge in [0.2, 0.25) is 5.60 Å². The number of ether oxygens (including phenoxy) is 2. The van der Waals surface area contributed by atoms with Crippen LogP contribution >= 0.6 is 0 Å². The van der Waals surface area contributed by atoms with E-state index in [1.54, 1.807) is 7.11 Å². The molecule has 2 fully saturated rings. The second kappa shape index (κ2) is 8.22. The first kappa shape index (κ1) is 20.0. The molecule has 1 aromatic carbocycles. The van der Waals surface area contributed by atoms with E-state index in [1.807, 2.05) is 30.0 Å². The lowest BCUT2D eigenvalue weighted by Gasteiger charge is -2.36. The summed E-state index contributed by atoms with van der Waals surface area (Å²) in [6.07, 6.45) is 5.27. The molecule has 2 aliphatic heterocycles. The zero-order valence-corrected chi connectivity index (χ0v) is 17.6. The summed E-state index contributed by atoms with van der Waals surface area (Å²) in [5.74, 6) is 1.47. The Balaban J connectivity index is 1.47. The maximum absolute atomic E-state index is 13.1. The fourth-order valence-electron chi connectivity index (χ4n) is 4.29. The van der Waals surface area contributed by atoms with Gasteiger partial charge in [-0.2, -0.15) is 0 Å². The van der Waals surface area contributed by atoms with E-state index in [9.17, 15) is 4.79 Å². The van der Waals surface area contributed by atoms with Crippen LogP contribution in [-0.2, 0) is 9.63 Å². The minimum absolute atomic E-state index is 0.0142. The second-order valence-electron chi connectivity index (χ2n) is 8.52. The Morgan fingerprint density at radius 1 is 1.17 bits per heavy atom. The van der Waals surface area contributed by atoms with Gasteiger partial charge < -0.3 is 24.1 Å². The molecule has 4 rings (SSSR count). The smallest absolute Gasteiger partial charge is 0.269 e. The Labute approximate surface area is 172 Å². The van der Waals surface area contributed by atoms with Crippen LogP contribution in [0.1, 0.15) is 44.6 Å². The quantitative estimate of drug-likeness (QED) is 0.759. The molecule has 1 saturated carbocycles. The average molecular weight is 402 g/mol. The van der Waals surface area contributed by atoms with Gasteiger partial charge in [-0.1, -0.05) is 5.16 Å². The van der Waals surface area contributed by atoms with Crippen molar-refractivity contribution in [2.24, 2.45) is 5.16 Å². The summed E-state index contributed by atoms with van der Waals surface area (Å²) in [6.45, 7) is 5.06. The zero-order chi connectivity index (χ0) is 20.4. The van der Waals surface area contributed by atoms with E-state index in [1.165, 1.54) is 12.8 Å². The molecule has 7 nitrogen and oxygen atoms in total. The number of carbonyl (C=O) groups is 1. The minimum Gasteiger partial charge on any atom is -0.493 e. The topological polar surface area (TPSA) is 63.6 Å². The number of carbonyl (C=O) groups excluding carboxylic acids is 1. The zero-order valence-electron chi connectivity index (χ0n) is 17.6. The van der Waals surface area contributed by atoms with E-state index in [0.29, 0.717) is 6.42 Å². The molecule has 158 valence electrons. The van der Waals surface area contributed by atoms with Gasteiger partial charge in [-0.05, 0) is 57.9 Å². The number of rotatable bonds is 5. The van der Waals surface area contributed by atoms with Gasteiger partial charge in [-0.15, -0.1) is 0 Å². The summed E-state index contributed by atoms with van der Waals surface area (Å²) in [5.41, 5.74) is 0.736. The average Bonchev–Trinajstić information content (AvgIpc) is 3.38. The lowest BCUT2D eigenvalue weighted by atomic mass is 9.94. The van der Waals surface area contributed by atoms with Crippen molar-refractivity contribution in [1.29, 1.82) is 0 Å². The van der Waals surface area contributed by atoms with Crippen LogP contribution in [0.15, 0.2) is 23.4 Å². The number of hydrogen-bond acceptors (Lipinski definition) is 6. The number of methoxy groups -OCH3 is 1. The lowest BCUT2D eigenvalue weighted by molar-refractivity contribution is -0.154. The van der Waals surface area contributed by atoms with Crippen LogP contribution in [0.3, 0.4) is 0 Å². The normalized spacial score (nSPS) is 25.6. The summed E-state index contributed by atoms with van der Waals surface area (Å²) in [4.78, 5) is 22.9. The summed E-state index contributed by atoms with van der Waals surface area (Å²) >= 11 is 0. The first-order valence-corrected chi connectivity index (χ1v) is 10.6. The SMILES string of the molecule is COc1ccc(C2=NOC(C)(C(=O)N3CCN(C)CC3)C2)cc1OC1CCCC1. The molecule has 2 heterocycles. The van der Waals surface area contributed by atoms with Gasteiger partial charge in [0.15, 0.2) is 11.5 Å². The molecule has 3 aliphatic rings. The van der Waals surface area contributed by atoms with Crippen molar-refractivity contribution in [3.05, 3.63) is 23.8 Å². The van der Waals surface area contributed by atoms with Crippen molar-refractivity contribution >= 4 is 11.6 Å². The summed E-state index contributed by atoms with van der Waals surface area (Å²) in [5, 5.41) is 4.28. The van der Waals surface area contributed by atoms with Crippen molar-refractivity contribution in [3.63, 3.8) is 0 Å². The first-order chi connectivity index (χ1) is 14.0. The van der Waals surface area contributed by atoms with Crippen molar-refractivity contribution in [2.75, 3.05) is 40.3 Å². The number of oxime groups is 1. The Morgan fingerprint density at radius 2 is 1.90 bits per heavy atom. The second-order valence-corrected chi connectivity index (χ2v) is 8.52. The number of piperazine rings is 1. The Kier molecular flexibility index (Phi) is 5.67. The highest BCUT2D eigenvalue weighted by Crippen LogP contribution is 2.35. The van der Waals surface area contributed by atoms with E-state index in [2.05, 4.69) is 17.1 Å². The molecule has 0 bridgehead atoms. The molecule has 0 N–H and O–H groups in total. The molecular weight excluding hydrogens is 370 g/mol. The molecule has 1 saturated heterocycles. The Bertz CT molecular complexity index is 782. The van der Waals surface area contributed by atoms with Crippen LogP contribution in [-0.4, -0.2) is 73.5 Å². The van der Waals surface area contributed by atoms with E-state index in [4.69, 9.17) is 14.3 Å². The molecule has 29 heavy (non-hydrogen) atoms. The Morgan fingerprint density at radius 3 is 2.59 bits per heavy atom. The predicted molar refractivity (Wildman–Crippen MR) is 111 cm³/mol. The van der Waals surface area contributed by atoms with E-state index in [0.717, 1.165) is 61.8 Å². The van der Waals surface area contributed by atoms with Crippen molar-refractivity contribution < 1.29 is 19.1 Å². The Hall–Kier alpha value is -2.28. The van der Waals surface area contributed by atoms with Gasteiger partial charge in [0.1, 0.15) is 0 Å². The van der Waals surface area contributed by atoms with Gasteiger partial charge in [0.05, 0.1) is 18.9 Å². The highest BCUT2D eigenvalue weighted by Gasteiger charge is 2.45. The van der Waals surface area contributed by atoms with Crippen molar-refractivity contribution in [3.8, 4) is 11.5 Å². The van der Waals surface area contributed by atoms with Crippen molar-refractivity contribution in [1.82, 2.24) is 9.80 Å². The third kappa shape index (κ3) is 4.20. The molecule has 1 aliphatic carbocycles. The van der Waals surface area contributed by atoms with Crippen LogP contribution < -0.4 is 9.47 Å². The van der Waals surface area contributed by atoms with E-state index >= 15 is 0 Å². The minimum atomic E-state index is -0.947. The third-order valence-corrected chi connectivity index (χ3v) is 6.20. The molecule has 0 radical (unpaired) electrons.